The van der Waals surface area contributed by atoms with Gasteiger partial charge in [-0.25, -0.2) is 4.98 Å². The highest BCUT2D eigenvalue weighted by atomic mass is 16.5. The van der Waals surface area contributed by atoms with E-state index in [-0.39, 0.29) is 11.1 Å². The molecule has 0 spiro atoms. The third-order valence-electron chi connectivity index (χ3n) is 4.62. The van der Waals surface area contributed by atoms with Gasteiger partial charge in [-0.05, 0) is 44.5 Å². The number of carbonyl (C=O) groups is 2. The number of aryl methyl sites for hydroxylation is 2. The Labute approximate surface area is 167 Å². The molecule has 0 unspecified atom stereocenters. The molecule has 0 aliphatic heterocycles. The van der Waals surface area contributed by atoms with Crippen LogP contribution in [0, 0.1) is 13.8 Å². The van der Waals surface area contributed by atoms with Crippen LogP contribution in [-0.4, -0.2) is 35.5 Å². The third kappa shape index (κ3) is 3.44. The predicted octanol–water partition coefficient (Wildman–Crippen LogP) is 2.52. The highest BCUT2D eigenvalue weighted by Crippen LogP contribution is 2.42. The number of rotatable bonds is 6. The average molecular weight is 394 g/mol. The van der Waals surface area contributed by atoms with E-state index >= 15 is 0 Å². The van der Waals surface area contributed by atoms with Gasteiger partial charge in [-0.1, -0.05) is 0 Å². The Hall–Kier alpha value is -3.68. The molecule has 0 aliphatic rings. The summed E-state index contributed by atoms with van der Waals surface area (Å²) in [7, 11) is 1.47. The first kappa shape index (κ1) is 20.1. The van der Waals surface area contributed by atoms with Gasteiger partial charge >= 0.3 is 0 Å². The van der Waals surface area contributed by atoms with E-state index in [1.807, 2.05) is 13.8 Å². The molecule has 29 heavy (non-hydrogen) atoms. The second kappa shape index (κ2) is 7.75. The number of primary amides is 2. The van der Waals surface area contributed by atoms with Crippen molar-refractivity contribution < 1.29 is 19.1 Å². The summed E-state index contributed by atoms with van der Waals surface area (Å²) in [5, 5.41) is 0.552. The van der Waals surface area contributed by atoms with E-state index in [0.717, 1.165) is 5.56 Å². The van der Waals surface area contributed by atoms with E-state index in [0.29, 0.717) is 46.0 Å². The fraction of sp³-hybridized carbons (Fsp3) is 0.238. The molecule has 0 saturated carbocycles. The molecular formula is C21H22N4O4. The summed E-state index contributed by atoms with van der Waals surface area (Å²) >= 11 is 0. The molecule has 0 radical (unpaired) electrons. The summed E-state index contributed by atoms with van der Waals surface area (Å²) in [5.41, 5.74) is 14.6. The van der Waals surface area contributed by atoms with E-state index < -0.39 is 11.8 Å². The van der Waals surface area contributed by atoms with Crippen LogP contribution in [0.15, 0.2) is 24.4 Å². The molecule has 2 heterocycles. The predicted molar refractivity (Wildman–Crippen MR) is 109 cm³/mol. The Morgan fingerprint density at radius 1 is 1.14 bits per heavy atom. The lowest BCUT2D eigenvalue weighted by Gasteiger charge is -2.19. The van der Waals surface area contributed by atoms with Crippen LogP contribution in [0.4, 0.5) is 0 Å². The maximum Gasteiger partial charge on any atom is 0.251 e. The lowest BCUT2D eigenvalue weighted by Crippen LogP contribution is -2.17. The van der Waals surface area contributed by atoms with Crippen LogP contribution in [0.5, 0.6) is 11.6 Å². The highest BCUT2D eigenvalue weighted by molar-refractivity contribution is 6.12. The number of pyridine rings is 2. The number of benzene rings is 1. The van der Waals surface area contributed by atoms with Crippen molar-refractivity contribution in [1.29, 1.82) is 0 Å². The van der Waals surface area contributed by atoms with Crippen molar-refractivity contribution in [3.63, 3.8) is 0 Å². The maximum absolute atomic E-state index is 12.4. The zero-order chi connectivity index (χ0) is 21.3. The fourth-order valence-electron chi connectivity index (χ4n) is 3.35. The monoisotopic (exact) mass is 394 g/mol. The van der Waals surface area contributed by atoms with Gasteiger partial charge in [0.15, 0.2) is 0 Å². The van der Waals surface area contributed by atoms with E-state index in [1.165, 1.54) is 13.2 Å². The molecule has 1 aromatic carbocycles. The van der Waals surface area contributed by atoms with E-state index in [4.69, 9.17) is 20.9 Å². The maximum atomic E-state index is 12.4. The first-order valence-corrected chi connectivity index (χ1v) is 9.00. The van der Waals surface area contributed by atoms with Gasteiger partial charge in [0.1, 0.15) is 5.75 Å². The van der Waals surface area contributed by atoms with Crippen molar-refractivity contribution >= 4 is 22.7 Å². The van der Waals surface area contributed by atoms with E-state index in [2.05, 4.69) is 9.97 Å². The SMILES string of the molecule is CCOc1ncc(C)c2nc(C)c(C(N)=O)c(-c3ccc(C(N)=O)cc3OC)c12. The molecule has 0 bridgehead atoms. The number of ether oxygens (including phenoxy) is 2. The van der Waals surface area contributed by atoms with Crippen LogP contribution >= 0.6 is 0 Å². The minimum absolute atomic E-state index is 0.232. The van der Waals surface area contributed by atoms with Crippen molar-refractivity contribution in [2.24, 2.45) is 11.5 Å². The summed E-state index contributed by atoms with van der Waals surface area (Å²) in [6, 6.07) is 4.75. The first-order valence-electron chi connectivity index (χ1n) is 9.00. The lowest BCUT2D eigenvalue weighted by atomic mass is 9.92. The van der Waals surface area contributed by atoms with E-state index in [1.54, 1.807) is 25.3 Å². The molecule has 0 fully saturated rings. The van der Waals surface area contributed by atoms with Crippen LogP contribution in [0.25, 0.3) is 22.0 Å². The summed E-state index contributed by atoms with van der Waals surface area (Å²) in [5.74, 6) is -0.538. The molecule has 2 aromatic heterocycles. The molecule has 3 rings (SSSR count). The minimum atomic E-state index is -0.642. The summed E-state index contributed by atoms with van der Waals surface area (Å²) < 4.78 is 11.2. The third-order valence-corrected chi connectivity index (χ3v) is 4.62. The summed E-state index contributed by atoms with van der Waals surface area (Å²) in [6.45, 7) is 5.81. The number of fused-ring (bicyclic) bond motifs is 1. The zero-order valence-electron chi connectivity index (χ0n) is 16.7. The minimum Gasteiger partial charge on any atom is -0.496 e. The second-order valence-corrected chi connectivity index (χ2v) is 6.49. The van der Waals surface area contributed by atoms with Crippen LogP contribution in [0.2, 0.25) is 0 Å². The average Bonchev–Trinajstić information content (AvgIpc) is 2.68. The van der Waals surface area contributed by atoms with E-state index in [9.17, 15) is 9.59 Å². The van der Waals surface area contributed by atoms with Crippen molar-refractivity contribution in [2.45, 2.75) is 20.8 Å². The number of hydrogen-bond donors (Lipinski definition) is 2. The molecule has 4 N–H and O–H groups in total. The zero-order valence-corrected chi connectivity index (χ0v) is 16.7. The van der Waals surface area contributed by atoms with Gasteiger partial charge in [0, 0.05) is 22.9 Å². The standard InChI is InChI=1S/C21H22N4O4/c1-5-29-21-17-16(13-7-6-12(19(22)26)8-14(13)28-4)15(20(23)27)11(3)25-18(17)10(2)9-24-21/h6-9H,5H2,1-4H3,(H2,22,26)(H2,23,27). The molecule has 3 aromatic rings. The molecular weight excluding hydrogens is 372 g/mol. The molecule has 0 aliphatic carbocycles. The van der Waals surface area contributed by atoms with Gasteiger partial charge < -0.3 is 20.9 Å². The number of amides is 2. The lowest BCUT2D eigenvalue weighted by molar-refractivity contribution is 0.0991. The molecule has 150 valence electrons. The van der Waals surface area contributed by atoms with Crippen LogP contribution in [0.3, 0.4) is 0 Å². The quantitative estimate of drug-likeness (QED) is 0.660. The smallest absolute Gasteiger partial charge is 0.251 e. The summed E-state index contributed by atoms with van der Waals surface area (Å²) in [4.78, 5) is 33.0. The Morgan fingerprint density at radius 3 is 2.45 bits per heavy atom. The van der Waals surface area contributed by atoms with Gasteiger partial charge in [-0.15, -0.1) is 0 Å². The van der Waals surface area contributed by atoms with Crippen molar-refractivity contribution in [3.05, 3.63) is 46.8 Å². The van der Waals surface area contributed by atoms with Gasteiger partial charge in [0.25, 0.3) is 5.91 Å². The van der Waals surface area contributed by atoms with Gasteiger partial charge in [0.2, 0.25) is 11.8 Å². The van der Waals surface area contributed by atoms with Gasteiger partial charge in [-0.3, -0.25) is 14.6 Å². The normalized spacial score (nSPS) is 10.8. The highest BCUT2D eigenvalue weighted by Gasteiger charge is 2.25. The van der Waals surface area contributed by atoms with Crippen LogP contribution < -0.4 is 20.9 Å². The van der Waals surface area contributed by atoms with Crippen molar-refractivity contribution in [1.82, 2.24) is 9.97 Å². The first-order chi connectivity index (χ1) is 13.8. The molecule has 2 amide bonds. The van der Waals surface area contributed by atoms with Gasteiger partial charge in [0.05, 0.1) is 35.9 Å². The fourth-order valence-corrected chi connectivity index (χ4v) is 3.35. The number of nitrogens with two attached hydrogens (primary N) is 2. The largest absolute Gasteiger partial charge is 0.496 e. The molecule has 0 saturated heterocycles. The molecule has 8 heteroatoms. The topological polar surface area (TPSA) is 130 Å². The van der Waals surface area contributed by atoms with Gasteiger partial charge in [-0.2, -0.15) is 0 Å². The number of hydrogen-bond acceptors (Lipinski definition) is 6. The second-order valence-electron chi connectivity index (χ2n) is 6.49. The number of nitrogens with zero attached hydrogens (tertiary/aromatic N) is 2. The van der Waals surface area contributed by atoms with Crippen molar-refractivity contribution in [2.75, 3.05) is 13.7 Å². The number of aromatic nitrogens is 2. The molecule has 0 atom stereocenters. The Morgan fingerprint density at radius 2 is 1.86 bits per heavy atom. The van der Waals surface area contributed by atoms with Crippen LogP contribution in [-0.2, 0) is 0 Å². The Kier molecular flexibility index (Phi) is 5.36. The molecule has 8 nitrogen and oxygen atoms in total. The van der Waals surface area contributed by atoms with Crippen LogP contribution in [0.1, 0.15) is 38.9 Å². The Balaban J connectivity index is 2.54. The summed E-state index contributed by atoms with van der Waals surface area (Å²) in [6.07, 6.45) is 1.67. The van der Waals surface area contributed by atoms with Crippen molar-refractivity contribution in [3.8, 4) is 22.8 Å². The number of carbonyl (C=O) groups excluding carboxylic acids is 2. The number of methoxy groups -OCH3 is 1. The Bertz CT molecular complexity index is 1140.